The molecule has 5 rings (SSSR count). The lowest BCUT2D eigenvalue weighted by Gasteiger charge is -2.41. The predicted octanol–water partition coefficient (Wildman–Crippen LogP) is 6.72. The number of amides is 2. The molecule has 2 heterocycles. The van der Waals surface area contributed by atoms with E-state index in [1.54, 1.807) is 30.3 Å². The number of carbonyl (C=O) groups excluding carboxylic acids is 2. The molecule has 3 aromatic rings. The summed E-state index contributed by atoms with van der Waals surface area (Å²) in [5.41, 5.74) is 4.67. The normalized spacial score (nSPS) is 17.1. The van der Waals surface area contributed by atoms with Crippen LogP contribution in [0.5, 0.6) is 0 Å². The van der Waals surface area contributed by atoms with Gasteiger partial charge in [0.1, 0.15) is 5.57 Å². The summed E-state index contributed by atoms with van der Waals surface area (Å²) in [6, 6.07) is 22.0. The van der Waals surface area contributed by atoms with E-state index in [1.807, 2.05) is 55.6 Å². The Hall–Kier alpha value is -3.74. The standard InChI is InChI=1S/C30H26ClN3O2S/c1-19-18-30(2,3)32(4)26-17-25(31)20(15-23(19)26)16-24-27(35)33(21-11-7-5-8-12-21)29(37)34(28(24)36)22-13-9-6-10-14-22/h5-18H,1-4H3. The van der Waals surface area contributed by atoms with Gasteiger partial charge in [-0.05, 0) is 86.6 Å². The van der Waals surface area contributed by atoms with Crippen molar-refractivity contribution >= 4 is 69.5 Å². The van der Waals surface area contributed by atoms with Crippen LogP contribution >= 0.6 is 23.8 Å². The van der Waals surface area contributed by atoms with Crippen LogP contribution in [0.2, 0.25) is 5.02 Å². The molecule has 0 spiro atoms. The van der Waals surface area contributed by atoms with Gasteiger partial charge < -0.3 is 4.90 Å². The number of halogens is 1. The summed E-state index contributed by atoms with van der Waals surface area (Å²) in [7, 11) is 2.03. The van der Waals surface area contributed by atoms with Crippen LogP contribution in [0.4, 0.5) is 17.1 Å². The molecule has 0 atom stereocenters. The smallest absolute Gasteiger partial charge is 0.270 e. The molecule has 0 saturated carbocycles. The highest BCUT2D eigenvalue weighted by Crippen LogP contribution is 2.41. The van der Waals surface area contributed by atoms with Gasteiger partial charge >= 0.3 is 0 Å². The summed E-state index contributed by atoms with van der Waals surface area (Å²) >= 11 is 12.4. The lowest BCUT2D eigenvalue weighted by molar-refractivity contribution is -0.120. The van der Waals surface area contributed by atoms with Crippen molar-refractivity contribution in [2.24, 2.45) is 0 Å². The Morgan fingerprint density at radius 1 is 0.865 bits per heavy atom. The van der Waals surface area contributed by atoms with Crippen molar-refractivity contribution in [1.82, 2.24) is 0 Å². The van der Waals surface area contributed by atoms with E-state index in [0.29, 0.717) is 22.0 Å². The Morgan fingerprint density at radius 2 is 1.38 bits per heavy atom. The molecule has 0 aromatic heterocycles. The Kier molecular flexibility index (Phi) is 6.26. The van der Waals surface area contributed by atoms with Gasteiger partial charge in [-0.2, -0.15) is 0 Å². The summed E-state index contributed by atoms with van der Waals surface area (Å²) in [4.78, 5) is 32.5. The minimum atomic E-state index is -0.493. The molecule has 0 radical (unpaired) electrons. The van der Waals surface area contributed by atoms with Crippen LogP contribution in [0, 0.1) is 0 Å². The summed E-state index contributed by atoms with van der Waals surface area (Å²) in [6.07, 6.45) is 3.78. The Labute approximate surface area is 227 Å². The second-order valence-corrected chi connectivity index (χ2v) is 10.5. The molecular weight excluding hydrogens is 502 g/mol. The number of thiocarbonyl (C=S) groups is 1. The van der Waals surface area contributed by atoms with Crippen LogP contribution in [-0.2, 0) is 9.59 Å². The van der Waals surface area contributed by atoms with E-state index in [1.165, 1.54) is 9.80 Å². The number of hydrogen-bond acceptors (Lipinski definition) is 4. The van der Waals surface area contributed by atoms with Gasteiger partial charge in [0.15, 0.2) is 5.11 Å². The summed E-state index contributed by atoms with van der Waals surface area (Å²) < 4.78 is 0. The summed E-state index contributed by atoms with van der Waals surface area (Å²) in [6.45, 7) is 6.34. The first kappa shape index (κ1) is 24.9. The van der Waals surface area contributed by atoms with E-state index in [-0.39, 0.29) is 16.2 Å². The van der Waals surface area contributed by atoms with Gasteiger partial charge in [0, 0.05) is 23.3 Å². The van der Waals surface area contributed by atoms with Crippen molar-refractivity contribution in [2.45, 2.75) is 26.3 Å². The molecule has 1 saturated heterocycles. The Morgan fingerprint density at radius 3 is 1.89 bits per heavy atom. The quantitative estimate of drug-likeness (QED) is 0.215. The molecule has 0 bridgehead atoms. The minimum Gasteiger partial charge on any atom is -0.365 e. The zero-order valence-corrected chi connectivity index (χ0v) is 22.6. The average molecular weight is 528 g/mol. The van der Waals surface area contributed by atoms with Crippen LogP contribution in [0.1, 0.15) is 31.9 Å². The highest BCUT2D eigenvalue weighted by Gasteiger charge is 2.41. The number of nitrogens with zero attached hydrogens (tertiary/aromatic N) is 3. The van der Waals surface area contributed by atoms with E-state index in [2.05, 4.69) is 31.7 Å². The molecule has 0 unspecified atom stereocenters. The first-order valence-corrected chi connectivity index (χ1v) is 12.7. The molecule has 3 aromatic carbocycles. The van der Waals surface area contributed by atoms with Crippen LogP contribution in [0.15, 0.2) is 84.4 Å². The fraction of sp³-hybridized carbons (Fsp3) is 0.167. The maximum absolute atomic E-state index is 13.8. The van der Waals surface area contributed by atoms with Crippen LogP contribution < -0.4 is 14.7 Å². The van der Waals surface area contributed by atoms with Gasteiger partial charge in [-0.15, -0.1) is 0 Å². The second kappa shape index (κ2) is 9.29. The van der Waals surface area contributed by atoms with Crippen LogP contribution in [0.25, 0.3) is 11.6 Å². The fourth-order valence-electron chi connectivity index (χ4n) is 4.79. The van der Waals surface area contributed by atoms with Crippen LogP contribution in [0.3, 0.4) is 0 Å². The van der Waals surface area contributed by atoms with Crippen LogP contribution in [-0.4, -0.2) is 29.5 Å². The zero-order chi connectivity index (χ0) is 26.5. The van der Waals surface area contributed by atoms with Gasteiger partial charge in [0.25, 0.3) is 11.8 Å². The predicted molar refractivity (Wildman–Crippen MR) is 156 cm³/mol. The number of likely N-dealkylation sites (N-methyl/N-ethyl adjacent to an activating group) is 1. The molecule has 37 heavy (non-hydrogen) atoms. The first-order chi connectivity index (χ1) is 17.6. The maximum atomic E-state index is 13.8. The number of fused-ring (bicyclic) bond motifs is 1. The molecule has 0 aliphatic carbocycles. The topological polar surface area (TPSA) is 43.9 Å². The molecule has 186 valence electrons. The van der Waals surface area contributed by atoms with Crippen molar-refractivity contribution < 1.29 is 9.59 Å². The maximum Gasteiger partial charge on any atom is 0.270 e. The highest BCUT2D eigenvalue weighted by molar-refractivity contribution is 7.81. The van der Waals surface area contributed by atoms with Crippen molar-refractivity contribution in [1.29, 1.82) is 0 Å². The van der Waals surface area contributed by atoms with Crippen molar-refractivity contribution in [2.75, 3.05) is 21.7 Å². The van der Waals surface area contributed by atoms with Gasteiger partial charge in [0.05, 0.1) is 16.9 Å². The van der Waals surface area contributed by atoms with Crippen molar-refractivity contribution in [3.8, 4) is 0 Å². The molecule has 5 nitrogen and oxygen atoms in total. The van der Waals surface area contributed by atoms with E-state index in [4.69, 9.17) is 23.8 Å². The SMILES string of the molecule is CC1=CC(C)(C)N(C)c2cc(Cl)c(C=C3C(=O)N(c4ccccc4)C(=S)N(c4ccccc4)C3=O)cc21. The largest absolute Gasteiger partial charge is 0.365 e. The minimum absolute atomic E-state index is 0.0192. The number of allylic oxidation sites excluding steroid dienone is 1. The highest BCUT2D eigenvalue weighted by atomic mass is 35.5. The zero-order valence-electron chi connectivity index (χ0n) is 21.0. The molecule has 1 fully saturated rings. The Balaban J connectivity index is 1.67. The first-order valence-electron chi connectivity index (χ1n) is 11.9. The van der Waals surface area contributed by atoms with Crippen molar-refractivity contribution in [3.63, 3.8) is 0 Å². The second-order valence-electron chi connectivity index (χ2n) is 9.72. The monoisotopic (exact) mass is 527 g/mol. The summed E-state index contributed by atoms with van der Waals surface area (Å²) in [5, 5.41) is 0.554. The molecule has 0 N–H and O–H groups in total. The lowest BCUT2D eigenvalue weighted by atomic mass is 9.88. The average Bonchev–Trinajstić information content (AvgIpc) is 2.87. The third-order valence-electron chi connectivity index (χ3n) is 6.91. The van der Waals surface area contributed by atoms with Gasteiger partial charge in [-0.25, -0.2) is 0 Å². The third-order valence-corrected chi connectivity index (χ3v) is 7.61. The van der Waals surface area contributed by atoms with Gasteiger partial charge in [0.2, 0.25) is 0 Å². The van der Waals surface area contributed by atoms with Gasteiger partial charge in [-0.3, -0.25) is 19.4 Å². The van der Waals surface area contributed by atoms with Gasteiger partial charge in [-0.1, -0.05) is 54.1 Å². The molecular formula is C30H26ClN3O2S. The molecule has 2 aliphatic rings. The molecule has 2 aliphatic heterocycles. The number of benzene rings is 3. The number of anilines is 3. The molecule has 7 heteroatoms. The number of rotatable bonds is 3. The van der Waals surface area contributed by atoms with Crippen molar-refractivity contribution in [3.05, 3.63) is 101 Å². The Bertz CT molecular complexity index is 1430. The lowest BCUT2D eigenvalue weighted by Crippen LogP contribution is -2.56. The molecule has 2 amide bonds. The van der Waals surface area contributed by atoms with E-state index < -0.39 is 11.8 Å². The number of carbonyl (C=O) groups is 2. The van der Waals surface area contributed by atoms with E-state index >= 15 is 0 Å². The number of hydrogen-bond donors (Lipinski definition) is 0. The number of para-hydroxylation sites is 2. The van der Waals surface area contributed by atoms with E-state index in [0.717, 1.165) is 16.8 Å². The van der Waals surface area contributed by atoms with E-state index in [9.17, 15) is 9.59 Å². The summed E-state index contributed by atoms with van der Waals surface area (Å²) in [5.74, 6) is -0.986. The fourth-order valence-corrected chi connectivity index (χ4v) is 5.38. The third kappa shape index (κ3) is 4.26.